The van der Waals surface area contributed by atoms with Crippen LogP contribution in [0.15, 0.2) is 47.4 Å². The van der Waals surface area contributed by atoms with Gasteiger partial charge in [-0.2, -0.15) is 4.31 Å². The van der Waals surface area contributed by atoms with Crippen LogP contribution in [0.3, 0.4) is 0 Å². The molecule has 0 radical (unpaired) electrons. The highest BCUT2D eigenvalue weighted by Crippen LogP contribution is 2.39. The quantitative estimate of drug-likeness (QED) is 0.240. The predicted molar refractivity (Wildman–Crippen MR) is 196 cm³/mol. The van der Waals surface area contributed by atoms with Gasteiger partial charge in [-0.1, -0.05) is 44.5 Å². The third kappa shape index (κ3) is 9.59. The van der Waals surface area contributed by atoms with Crippen molar-refractivity contribution in [1.29, 1.82) is 0 Å². The second-order valence-corrected chi connectivity index (χ2v) is 17.8. The van der Waals surface area contributed by atoms with Crippen LogP contribution in [0, 0.1) is 24.2 Å². The number of rotatable bonds is 14. The summed E-state index contributed by atoms with van der Waals surface area (Å²) in [4.78, 5) is 16.2. The number of hydrogen-bond donors (Lipinski definition) is 1. The number of sulfonamides is 1. The van der Waals surface area contributed by atoms with Crippen molar-refractivity contribution < 1.29 is 32.2 Å². The summed E-state index contributed by atoms with van der Waals surface area (Å²) in [6.07, 6.45) is 3.27. The Morgan fingerprint density at radius 3 is 2.58 bits per heavy atom. The van der Waals surface area contributed by atoms with Crippen LogP contribution in [-0.2, 0) is 35.6 Å². The molecule has 10 nitrogen and oxygen atoms in total. The zero-order valence-electron chi connectivity index (χ0n) is 31.2. The molecule has 0 unspecified atom stereocenters. The Labute approximate surface area is 300 Å². The molecule has 0 aliphatic carbocycles. The minimum absolute atomic E-state index is 0.0433. The van der Waals surface area contributed by atoms with Crippen LogP contribution >= 0.6 is 0 Å². The summed E-state index contributed by atoms with van der Waals surface area (Å²) in [6.45, 7) is 17.1. The lowest BCUT2D eigenvalue weighted by atomic mass is 9.81. The molecule has 3 heterocycles. The summed E-state index contributed by atoms with van der Waals surface area (Å²) in [6, 6.07) is 12.8. The highest BCUT2D eigenvalue weighted by atomic mass is 32.2. The summed E-state index contributed by atoms with van der Waals surface area (Å²) >= 11 is 0. The lowest BCUT2D eigenvalue weighted by Gasteiger charge is -2.42. The second-order valence-electron chi connectivity index (χ2n) is 15.9. The maximum Gasteiger partial charge on any atom is 0.243 e. The van der Waals surface area contributed by atoms with Crippen molar-refractivity contribution in [1.82, 2.24) is 9.62 Å². The van der Waals surface area contributed by atoms with E-state index in [0.717, 1.165) is 55.1 Å². The van der Waals surface area contributed by atoms with E-state index in [1.807, 2.05) is 45.0 Å². The topological polar surface area (TPSA) is 107 Å². The van der Waals surface area contributed by atoms with Gasteiger partial charge in [-0.25, -0.2) is 8.42 Å². The number of nitrogens with zero attached hydrogens (tertiary/aromatic N) is 2. The molecule has 4 atom stereocenters. The third-order valence-electron chi connectivity index (χ3n) is 10.5. The van der Waals surface area contributed by atoms with Crippen LogP contribution < -0.4 is 15.0 Å². The van der Waals surface area contributed by atoms with Gasteiger partial charge in [0.05, 0.1) is 29.8 Å². The van der Waals surface area contributed by atoms with E-state index in [-0.39, 0.29) is 35.1 Å². The minimum atomic E-state index is -3.85. The molecule has 3 aliphatic rings. The fourth-order valence-corrected chi connectivity index (χ4v) is 9.18. The van der Waals surface area contributed by atoms with Gasteiger partial charge in [-0.15, -0.1) is 0 Å². The molecule has 1 N–H and O–H groups in total. The van der Waals surface area contributed by atoms with Crippen molar-refractivity contribution in [3.8, 4) is 5.75 Å². The van der Waals surface area contributed by atoms with Crippen molar-refractivity contribution in [3.05, 3.63) is 53.6 Å². The molecule has 0 aromatic heterocycles. The fourth-order valence-electron chi connectivity index (χ4n) is 7.49. The standard InChI is InChI=1S/C39H59N3O7S/c1-28-9-14-34(15-10-28)50(44,45)42-24-33(13-12-32(42)22-38(3,4)37(43)40-23-31-17-20-47-25-29(31)2)48-26-30-11-16-36-35(21-30)41(18-8-19-46-7)27-39(5,6)49-36/h9-11,14-16,21,29,31-33H,8,12-13,17-20,22-27H2,1-7H3,(H,40,43)/t29-,31+,32-,33+/m0/s1. The molecule has 2 aromatic carbocycles. The summed E-state index contributed by atoms with van der Waals surface area (Å²) in [5.41, 5.74) is 1.98. The van der Waals surface area contributed by atoms with E-state index in [0.29, 0.717) is 57.5 Å². The van der Waals surface area contributed by atoms with Gasteiger partial charge in [0.2, 0.25) is 15.9 Å². The van der Waals surface area contributed by atoms with Gasteiger partial charge in [0.15, 0.2) is 0 Å². The number of carbonyl (C=O) groups is 1. The number of nitrogens with one attached hydrogen (secondary N) is 1. The monoisotopic (exact) mass is 713 g/mol. The molecule has 3 aliphatic heterocycles. The van der Waals surface area contributed by atoms with Crippen molar-refractivity contribution in [3.63, 3.8) is 0 Å². The summed E-state index contributed by atoms with van der Waals surface area (Å²) in [5, 5.41) is 3.19. The Balaban J connectivity index is 1.29. The molecule has 11 heteroatoms. The smallest absolute Gasteiger partial charge is 0.243 e. The molecule has 5 rings (SSSR count). The van der Waals surface area contributed by atoms with E-state index >= 15 is 0 Å². The van der Waals surface area contributed by atoms with Crippen LogP contribution in [0.2, 0.25) is 0 Å². The summed E-state index contributed by atoms with van der Waals surface area (Å²) < 4.78 is 53.7. The Bertz CT molecular complexity index is 1550. The SMILES string of the molecule is COCCCN1CC(C)(C)Oc2ccc(CO[C@@H]3CC[C@@H](CC(C)(C)C(=O)NC[C@H]4CCOC[C@@H]4C)N(S(=O)(=O)c4ccc(C)cc4)C3)cc21. The first kappa shape index (κ1) is 38.5. The molecule has 0 bridgehead atoms. The van der Waals surface area contributed by atoms with E-state index < -0.39 is 15.4 Å². The molecule has 278 valence electrons. The van der Waals surface area contributed by atoms with Gasteiger partial charge in [0, 0.05) is 58.0 Å². The Morgan fingerprint density at radius 2 is 1.86 bits per heavy atom. The summed E-state index contributed by atoms with van der Waals surface area (Å²) in [5.74, 6) is 1.58. The lowest BCUT2D eigenvalue weighted by molar-refractivity contribution is -0.131. The first-order valence-electron chi connectivity index (χ1n) is 18.3. The van der Waals surface area contributed by atoms with Crippen LogP contribution in [0.5, 0.6) is 5.75 Å². The number of carbonyl (C=O) groups excluding carboxylic acids is 1. The molecule has 2 aromatic rings. The number of aryl methyl sites for hydroxylation is 1. The largest absolute Gasteiger partial charge is 0.484 e. The predicted octanol–water partition coefficient (Wildman–Crippen LogP) is 5.95. The van der Waals surface area contributed by atoms with E-state index in [1.165, 1.54) is 0 Å². The third-order valence-corrected chi connectivity index (χ3v) is 12.5. The zero-order chi connectivity index (χ0) is 36.1. The van der Waals surface area contributed by atoms with Crippen molar-refractivity contribution in [2.45, 2.75) is 103 Å². The lowest BCUT2D eigenvalue weighted by Crippen LogP contribution is -2.52. The number of ether oxygens (including phenoxy) is 4. The normalized spacial score (nSPS) is 24.3. The van der Waals surface area contributed by atoms with E-state index in [9.17, 15) is 13.2 Å². The number of anilines is 1. The molecule has 50 heavy (non-hydrogen) atoms. The zero-order valence-corrected chi connectivity index (χ0v) is 32.0. The fraction of sp³-hybridized carbons (Fsp3) is 0.667. The van der Waals surface area contributed by atoms with Gasteiger partial charge in [-0.05, 0) is 94.5 Å². The summed E-state index contributed by atoms with van der Waals surface area (Å²) in [7, 11) is -2.12. The van der Waals surface area contributed by atoms with Crippen molar-refractivity contribution in [2.24, 2.45) is 17.3 Å². The minimum Gasteiger partial charge on any atom is -0.484 e. The number of amides is 1. The number of fused-ring (bicyclic) bond motifs is 1. The number of benzene rings is 2. The highest BCUT2D eigenvalue weighted by molar-refractivity contribution is 7.89. The van der Waals surface area contributed by atoms with Gasteiger partial charge in [-0.3, -0.25) is 4.79 Å². The maximum absolute atomic E-state index is 14.2. The van der Waals surface area contributed by atoms with Crippen LogP contribution in [-0.4, -0.2) is 89.5 Å². The molecular formula is C39H59N3O7S. The molecule has 0 saturated carbocycles. The van der Waals surface area contributed by atoms with Gasteiger partial charge >= 0.3 is 0 Å². The first-order valence-corrected chi connectivity index (χ1v) is 19.7. The Hall–Kier alpha value is -2.70. The van der Waals surface area contributed by atoms with Crippen molar-refractivity contribution in [2.75, 3.05) is 58.0 Å². The molecule has 2 saturated heterocycles. The highest BCUT2D eigenvalue weighted by Gasteiger charge is 2.42. The molecule has 0 spiro atoms. The van der Waals surface area contributed by atoms with E-state index in [4.69, 9.17) is 18.9 Å². The maximum atomic E-state index is 14.2. The van der Waals surface area contributed by atoms with Crippen LogP contribution in [0.1, 0.15) is 77.8 Å². The average Bonchev–Trinajstić information content (AvgIpc) is 3.07. The Morgan fingerprint density at radius 1 is 1.10 bits per heavy atom. The van der Waals surface area contributed by atoms with Gasteiger partial charge < -0.3 is 29.2 Å². The number of hydrogen-bond acceptors (Lipinski definition) is 8. The van der Waals surface area contributed by atoms with Crippen LogP contribution in [0.25, 0.3) is 0 Å². The average molecular weight is 714 g/mol. The molecule has 2 fully saturated rings. The molecular weight excluding hydrogens is 655 g/mol. The molecule has 1 amide bonds. The van der Waals surface area contributed by atoms with Crippen molar-refractivity contribution >= 4 is 21.6 Å². The van der Waals surface area contributed by atoms with Gasteiger partial charge in [0.25, 0.3) is 0 Å². The number of methoxy groups -OCH3 is 1. The Kier molecular flexibility index (Phi) is 12.6. The van der Waals surface area contributed by atoms with E-state index in [1.54, 1.807) is 23.5 Å². The van der Waals surface area contributed by atoms with Crippen LogP contribution in [0.4, 0.5) is 5.69 Å². The number of piperidine rings is 1. The second kappa shape index (κ2) is 16.3. The van der Waals surface area contributed by atoms with E-state index in [2.05, 4.69) is 37.1 Å². The van der Waals surface area contributed by atoms with Gasteiger partial charge in [0.1, 0.15) is 11.4 Å². The first-order chi connectivity index (χ1) is 23.7.